The molecule has 3 heteroatoms. The van der Waals surface area contributed by atoms with Crippen molar-refractivity contribution >= 4 is 0 Å². The van der Waals surface area contributed by atoms with Crippen LogP contribution in [0.2, 0.25) is 0 Å². The standard InChI is InChI=1S/C14H11F3.C3H8/c1-10-5-7-11(8-6-10)12-3-2-4-13(9-12)14(15,16)17;1-3-2/h2-9H,1H3;3H2,1-2H3. The molecule has 108 valence electrons. The lowest BCUT2D eigenvalue weighted by atomic mass is 10.0. The molecule has 2 aromatic carbocycles. The molecule has 0 aliphatic rings. The van der Waals surface area contributed by atoms with Crippen molar-refractivity contribution in [3.05, 3.63) is 59.7 Å². The van der Waals surface area contributed by atoms with Gasteiger partial charge in [0, 0.05) is 0 Å². The van der Waals surface area contributed by atoms with E-state index in [0.717, 1.165) is 17.2 Å². The Labute approximate surface area is 118 Å². The van der Waals surface area contributed by atoms with E-state index >= 15 is 0 Å². The first-order chi connectivity index (χ1) is 9.38. The van der Waals surface area contributed by atoms with Crippen molar-refractivity contribution in [3.8, 4) is 11.1 Å². The molecule has 0 bridgehead atoms. The SMILES string of the molecule is CCC.Cc1ccc(-c2cccc(C(F)(F)F)c2)cc1. The normalized spacial score (nSPS) is 10.7. The van der Waals surface area contributed by atoms with Crippen LogP contribution >= 0.6 is 0 Å². The summed E-state index contributed by atoms with van der Waals surface area (Å²) in [7, 11) is 0. The molecule has 2 aromatic rings. The van der Waals surface area contributed by atoms with E-state index in [0.29, 0.717) is 5.56 Å². The van der Waals surface area contributed by atoms with Crippen LogP contribution in [0.3, 0.4) is 0 Å². The van der Waals surface area contributed by atoms with E-state index in [9.17, 15) is 13.2 Å². The third kappa shape index (κ3) is 4.72. The summed E-state index contributed by atoms with van der Waals surface area (Å²) in [4.78, 5) is 0. The molecular formula is C17H19F3. The molecule has 0 aliphatic carbocycles. The Kier molecular flexibility index (Phi) is 5.81. The predicted octanol–water partition coefficient (Wildman–Crippen LogP) is 6.10. The maximum atomic E-state index is 12.5. The Bertz CT molecular complexity index is 525. The molecule has 0 aromatic heterocycles. The molecule has 20 heavy (non-hydrogen) atoms. The highest BCUT2D eigenvalue weighted by Gasteiger charge is 2.30. The number of halogens is 3. The number of benzene rings is 2. The van der Waals surface area contributed by atoms with Crippen molar-refractivity contribution in [1.29, 1.82) is 0 Å². The molecule has 0 atom stereocenters. The van der Waals surface area contributed by atoms with Crippen molar-refractivity contribution < 1.29 is 13.2 Å². The summed E-state index contributed by atoms with van der Waals surface area (Å²) in [6.07, 6.45) is -3.04. The van der Waals surface area contributed by atoms with Crippen LogP contribution in [-0.4, -0.2) is 0 Å². The van der Waals surface area contributed by atoms with Gasteiger partial charge >= 0.3 is 6.18 Å². The lowest BCUT2D eigenvalue weighted by molar-refractivity contribution is -0.137. The van der Waals surface area contributed by atoms with Crippen molar-refractivity contribution in [3.63, 3.8) is 0 Å². The van der Waals surface area contributed by atoms with Gasteiger partial charge in [-0.25, -0.2) is 0 Å². The van der Waals surface area contributed by atoms with Gasteiger partial charge in [-0.05, 0) is 30.2 Å². The van der Waals surface area contributed by atoms with E-state index in [1.54, 1.807) is 6.07 Å². The highest BCUT2D eigenvalue weighted by Crippen LogP contribution is 2.32. The first-order valence-electron chi connectivity index (χ1n) is 6.62. The number of aryl methyl sites for hydroxylation is 1. The molecule has 0 saturated heterocycles. The summed E-state index contributed by atoms with van der Waals surface area (Å²) in [6, 6.07) is 12.8. The van der Waals surface area contributed by atoms with Gasteiger partial charge in [0.05, 0.1) is 5.56 Å². The van der Waals surface area contributed by atoms with E-state index in [-0.39, 0.29) is 0 Å². The summed E-state index contributed by atoms with van der Waals surface area (Å²) in [5, 5.41) is 0. The summed E-state index contributed by atoms with van der Waals surface area (Å²) in [5.41, 5.74) is 1.85. The van der Waals surface area contributed by atoms with Crippen molar-refractivity contribution in [2.24, 2.45) is 0 Å². The molecule has 0 radical (unpaired) electrons. The van der Waals surface area contributed by atoms with Crippen molar-refractivity contribution in [1.82, 2.24) is 0 Å². The minimum atomic E-state index is -4.29. The van der Waals surface area contributed by atoms with Crippen LogP contribution in [0.5, 0.6) is 0 Å². The fraction of sp³-hybridized carbons (Fsp3) is 0.294. The number of hydrogen-bond donors (Lipinski definition) is 0. The molecule has 0 unspecified atom stereocenters. The molecule has 0 saturated carbocycles. The summed E-state index contributed by atoms with van der Waals surface area (Å²) in [6.45, 7) is 6.19. The molecule has 0 spiro atoms. The third-order valence-electron chi connectivity index (χ3n) is 2.57. The van der Waals surface area contributed by atoms with Gasteiger partial charge in [0.25, 0.3) is 0 Å². The first-order valence-corrected chi connectivity index (χ1v) is 6.62. The van der Waals surface area contributed by atoms with Gasteiger partial charge in [0.1, 0.15) is 0 Å². The van der Waals surface area contributed by atoms with Crippen LogP contribution in [0.4, 0.5) is 13.2 Å². The van der Waals surface area contributed by atoms with Gasteiger partial charge in [0.2, 0.25) is 0 Å². The fourth-order valence-electron chi connectivity index (χ4n) is 1.62. The van der Waals surface area contributed by atoms with Crippen LogP contribution in [-0.2, 0) is 6.18 Å². The summed E-state index contributed by atoms with van der Waals surface area (Å²) >= 11 is 0. The fourth-order valence-corrected chi connectivity index (χ4v) is 1.62. The van der Waals surface area contributed by atoms with Crippen molar-refractivity contribution in [2.75, 3.05) is 0 Å². The van der Waals surface area contributed by atoms with Gasteiger partial charge in [0.15, 0.2) is 0 Å². The molecule has 0 nitrogen and oxygen atoms in total. The quantitative estimate of drug-likeness (QED) is 0.592. The topological polar surface area (TPSA) is 0 Å². The van der Waals surface area contributed by atoms with E-state index < -0.39 is 11.7 Å². The Morgan fingerprint density at radius 3 is 1.90 bits per heavy atom. The number of rotatable bonds is 1. The molecule has 2 rings (SSSR count). The Hall–Kier alpha value is -1.77. The smallest absolute Gasteiger partial charge is 0.166 e. The molecule has 0 N–H and O–H groups in total. The zero-order chi connectivity index (χ0) is 15.2. The molecule has 0 fully saturated rings. The minimum Gasteiger partial charge on any atom is -0.166 e. The highest BCUT2D eigenvalue weighted by atomic mass is 19.4. The van der Waals surface area contributed by atoms with E-state index in [4.69, 9.17) is 0 Å². The average molecular weight is 280 g/mol. The zero-order valence-electron chi connectivity index (χ0n) is 12.0. The molecular weight excluding hydrogens is 261 g/mol. The van der Waals surface area contributed by atoms with Gasteiger partial charge in [-0.15, -0.1) is 0 Å². The lowest BCUT2D eigenvalue weighted by Crippen LogP contribution is -2.04. The Balaban J connectivity index is 0.000000612. The first kappa shape index (κ1) is 16.3. The second kappa shape index (κ2) is 7.13. The van der Waals surface area contributed by atoms with Crippen LogP contribution < -0.4 is 0 Å². The molecule has 0 amide bonds. The number of hydrogen-bond acceptors (Lipinski definition) is 0. The lowest BCUT2D eigenvalue weighted by Gasteiger charge is -2.09. The Morgan fingerprint density at radius 2 is 1.40 bits per heavy atom. The van der Waals surface area contributed by atoms with E-state index in [1.807, 2.05) is 31.2 Å². The summed E-state index contributed by atoms with van der Waals surface area (Å²) in [5.74, 6) is 0. The molecule has 0 aliphatic heterocycles. The zero-order valence-corrected chi connectivity index (χ0v) is 12.0. The van der Waals surface area contributed by atoms with Gasteiger partial charge < -0.3 is 0 Å². The van der Waals surface area contributed by atoms with Crippen LogP contribution in [0.1, 0.15) is 31.4 Å². The predicted molar refractivity (Wildman–Crippen MR) is 77.6 cm³/mol. The molecule has 0 heterocycles. The van der Waals surface area contributed by atoms with Crippen LogP contribution in [0.25, 0.3) is 11.1 Å². The van der Waals surface area contributed by atoms with Crippen LogP contribution in [0, 0.1) is 6.92 Å². The van der Waals surface area contributed by atoms with E-state index in [2.05, 4.69) is 13.8 Å². The van der Waals surface area contributed by atoms with Gasteiger partial charge in [-0.3, -0.25) is 0 Å². The third-order valence-corrected chi connectivity index (χ3v) is 2.57. The monoisotopic (exact) mass is 280 g/mol. The second-order valence-electron chi connectivity index (χ2n) is 4.65. The average Bonchev–Trinajstić information content (AvgIpc) is 2.40. The highest BCUT2D eigenvalue weighted by molar-refractivity contribution is 5.64. The second-order valence-corrected chi connectivity index (χ2v) is 4.65. The number of alkyl halides is 3. The van der Waals surface area contributed by atoms with Crippen molar-refractivity contribution in [2.45, 2.75) is 33.4 Å². The maximum absolute atomic E-state index is 12.5. The largest absolute Gasteiger partial charge is 0.416 e. The minimum absolute atomic E-state index is 0.583. The van der Waals surface area contributed by atoms with Gasteiger partial charge in [-0.1, -0.05) is 62.2 Å². The van der Waals surface area contributed by atoms with Crippen LogP contribution in [0.15, 0.2) is 48.5 Å². The Morgan fingerprint density at radius 1 is 0.850 bits per heavy atom. The maximum Gasteiger partial charge on any atom is 0.416 e. The summed E-state index contributed by atoms with van der Waals surface area (Å²) < 4.78 is 37.6. The van der Waals surface area contributed by atoms with E-state index in [1.165, 1.54) is 18.6 Å². The van der Waals surface area contributed by atoms with Gasteiger partial charge in [-0.2, -0.15) is 13.2 Å².